The van der Waals surface area contributed by atoms with Gasteiger partial charge in [0.2, 0.25) is 5.91 Å². The van der Waals surface area contributed by atoms with Crippen molar-refractivity contribution in [3.8, 4) is 5.00 Å². The number of nitrogens with zero attached hydrogens (tertiary/aromatic N) is 3. The summed E-state index contributed by atoms with van der Waals surface area (Å²) in [6.07, 6.45) is 11.5. The number of carbonyl (C=O) groups excluding carboxylic acids is 2. The maximum atomic E-state index is 13.7. The van der Waals surface area contributed by atoms with Crippen molar-refractivity contribution in [2.75, 3.05) is 18.4 Å². The average molecular weight is 449 g/mol. The number of hydrogen-bond acceptors (Lipinski definition) is 4. The second kappa shape index (κ2) is 8.90. The van der Waals surface area contributed by atoms with E-state index in [0.29, 0.717) is 31.7 Å². The Morgan fingerprint density at radius 2 is 1.88 bits per heavy atom. The zero-order valence-corrected chi connectivity index (χ0v) is 19.2. The van der Waals surface area contributed by atoms with Crippen LogP contribution in [0.1, 0.15) is 52.0 Å². The zero-order chi connectivity index (χ0) is 22.1. The van der Waals surface area contributed by atoms with Crippen LogP contribution >= 0.6 is 11.3 Å². The third kappa shape index (κ3) is 4.09. The van der Waals surface area contributed by atoms with Gasteiger partial charge in [0.1, 0.15) is 10.8 Å². The highest BCUT2D eigenvalue weighted by molar-refractivity contribution is 7.15. The first-order valence-corrected chi connectivity index (χ1v) is 12.2. The number of anilines is 1. The van der Waals surface area contributed by atoms with Crippen LogP contribution < -0.4 is 5.32 Å². The number of nitrogens with one attached hydrogen (secondary N) is 1. The van der Waals surface area contributed by atoms with E-state index in [1.54, 1.807) is 17.5 Å². The number of likely N-dealkylation sites (tertiary alicyclic amines) is 1. The second-order valence-electron chi connectivity index (χ2n) is 8.76. The van der Waals surface area contributed by atoms with E-state index in [1.165, 1.54) is 16.9 Å². The smallest absolute Gasteiger partial charge is 0.257 e. The predicted octanol–water partition coefficient (Wildman–Crippen LogP) is 4.61. The van der Waals surface area contributed by atoms with Crippen molar-refractivity contribution in [1.29, 1.82) is 0 Å². The molecule has 0 atom stereocenters. The number of carbonyl (C=O) groups is 2. The van der Waals surface area contributed by atoms with Crippen LogP contribution in [-0.2, 0) is 17.6 Å². The summed E-state index contributed by atoms with van der Waals surface area (Å²) in [7, 11) is 0. The molecule has 3 aromatic rings. The van der Waals surface area contributed by atoms with Crippen LogP contribution in [-0.4, -0.2) is 39.4 Å². The van der Waals surface area contributed by atoms with Crippen LogP contribution in [0.4, 0.5) is 5.82 Å². The van der Waals surface area contributed by atoms with E-state index >= 15 is 0 Å². The van der Waals surface area contributed by atoms with Gasteiger partial charge >= 0.3 is 0 Å². The molecule has 0 radical (unpaired) electrons. The molecule has 1 N–H and O–H groups in total. The first-order chi connectivity index (χ1) is 15.6. The molecule has 1 saturated heterocycles. The molecule has 32 heavy (non-hydrogen) atoms. The van der Waals surface area contributed by atoms with Gasteiger partial charge in [-0.25, -0.2) is 4.98 Å². The van der Waals surface area contributed by atoms with Gasteiger partial charge < -0.3 is 14.8 Å². The number of hydrogen-bond donors (Lipinski definition) is 1. The van der Waals surface area contributed by atoms with Crippen molar-refractivity contribution < 1.29 is 9.59 Å². The molecule has 5 rings (SSSR count). The average Bonchev–Trinajstić information content (AvgIpc) is 3.46. The summed E-state index contributed by atoms with van der Waals surface area (Å²) in [5.74, 6) is 0.611. The van der Waals surface area contributed by atoms with E-state index in [9.17, 15) is 9.59 Å². The maximum Gasteiger partial charge on any atom is 0.257 e. The van der Waals surface area contributed by atoms with Gasteiger partial charge in [-0.2, -0.15) is 0 Å². The number of piperidine rings is 1. The molecule has 1 aliphatic carbocycles. The Morgan fingerprint density at radius 1 is 1.12 bits per heavy atom. The van der Waals surface area contributed by atoms with Crippen LogP contribution in [0.5, 0.6) is 0 Å². The minimum atomic E-state index is -0.0957. The largest absolute Gasteiger partial charge is 0.338 e. The number of thiophene rings is 1. The van der Waals surface area contributed by atoms with E-state index in [-0.39, 0.29) is 17.7 Å². The van der Waals surface area contributed by atoms with Gasteiger partial charge in [-0.3, -0.25) is 9.59 Å². The van der Waals surface area contributed by atoms with E-state index in [1.807, 2.05) is 48.5 Å². The molecule has 4 heterocycles. The molecule has 1 fully saturated rings. The molecule has 166 valence electrons. The van der Waals surface area contributed by atoms with Gasteiger partial charge in [-0.15, -0.1) is 11.3 Å². The highest BCUT2D eigenvalue weighted by Gasteiger charge is 2.32. The van der Waals surface area contributed by atoms with E-state index < -0.39 is 0 Å². The van der Waals surface area contributed by atoms with Crippen LogP contribution in [0.15, 0.2) is 42.9 Å². The summed E-state index contributed by atoms with van der Waals surface area (Å²) in [5, 5.41) is 3.98. The lowest BCUT2D eigenvalue weighted by molar-refractivity contribution is -0.121. The van der Waals surface area contributed by atoms with Crippen LogP contribution in [0, 0.1) is 12.8 Å². The summed E-state index contributed by atoms with van der Waals surface area (Å²) in [6, 6.07) is 7.78. The number of rotatable bonds is 4. The fourth-order valence-corrected chi connectivity index (χ4v) is 6.11. The topological polar surface area (TPSA) is 67.2 Å². The first-order valence-electron chi connectivity index (χ1n) is 11.4. The summed E-state index contributed by atoms with van der Waals surface area (Å²) in [6.45, 7) is 3.19. The normalized spacial score (nSPS) is 16.6. The zero-order valence-electron chi connectivity index (χ0n) is 18.3. The molecule has 0 spiro atoms. The molecule has 7 heteroatoms. The minimum Gasteiger partial charge on any atom is -0.338 e. The maximum absolute atomic E-state index is 13.7. The predicted molar refractivity (Wildman–Crippen MR) is 127 cm³/mol. The minimum absolute atomic E-state index is 0.00357. The fraction of sp³-hybridized carbons (Fsp3) is 0.400. The molecule has 0 bridgehead atoms. The fourth-order valence-electron chi connectivity index (χ4n) is 4.76. The lowest BCUT2D eigenvalue weighted by Gasteiger charge is -2.32. The second-order valence-corrected chi connectivity index (χ2v) is 9.84. The highest BCUT2D eigenvalue weighted by atomic mass is 32.1. The van der Waals surface area contributed by atoms with Gasteiger partial charge in [-0.1, -0.05) is 0 Å². The number of aryl methyl sites for hydroxylation is 2. The van der Waals surface area contributed by atoms with E-state index in [2.05, 4.69) is 14.9 Å². The molecule has 0 unspecified atom stereocenters. The van der Waals surface area contributed by atoms with Crippen molar-refractivity contribution >= 4 is 29.0 Å². The molecule has 1 aliphatic heterocycles. The molecular weight excluding hydrogens is 420 g/mol. The van der Waals surface area contributed by atoms with Crippen molar-refractivity contribution in [2.24, 2.45) is 5.92 Å². The molecule has 6 nitrogen and oxygen atoms in total. The Bertz CT molecular complexity index is 1130. The third-order valence-corrected chi connectivity index (χ3v) is 7.83. The summed E-state index contributed by atoms with van der Waals surface area (Å²) >= 11 is 1.76. The number of aromatic nitrogens is 2. The summed E-state index contributed by atoms with van der Waals surface area (Å²) in [5.41, 5.74) is 3.20. The Labute approximate surface area is 192 Å². The molecule has 0 saturated carbocycles. The molecule has 0 aromatic carbocycles. The number of amides is 2. The molecule has 2 aliphatic rings. The Kier molecular flexibility index (Phi) is 5.83. The van der Waals surface area contributed by atoms with Crippen molar-refractivity contribution in [3.05, 3.63) is 64.4 Å². The van der Waals surface area contributed by atoms with Crippen molar-refractivity contribution in [3.63, 3.8) is 0 Å². The van der Waals surface area contributed by atoms with E-state index in [4.69, 9.17) is 0 Å². The van der Waals surface area contributed by atoms with Gasteiger partial charge in [-0.05, 0) is 80.8 Å². The summed E-state index contributed by atoms with van der Waals surface area (Å²) in [4.78, 5) is 33.9. The van der Waals surface area contributed by atoms with E-state index in [0.717, 1.165) is 35.4 Å². The highest BCUT2D eigenvalue weighted by Crippen LogP contribution is 2.38. The third-order valence-electron chi connectivity index (χ3n) is 6.53. The molecular formula is C25H28N4O2S. The lowest BCUT2D eigenvalue weighted by Crippen LogP contribution is -2.42. The van der Waals surface area contributed by atoms with Crippen molar-refractivity contribution in [1.82, 2.24) is 14.5 Å². The van der Waals surface area contributed by atoms with Crippen LogP contribution in [0.2, 0.25) is 0 Å². The lowest BCUT2D eigenvalue weighted by atomic mass is 9.93. The van der Waals surface area contributed by atoms with Crippen LogP contribution in [0.3, 0.4) is 0 Å². The SMILES string of the molecule is Cc1ccnc(NC(=O)C2CCN(C(=O)c3c(-n4cccc4)sc4c3CCCC4)CC2)c1. The van der Waals surface area contributed by atoms with Gasteiger partial charge in [0, 0.05) is 42.5 Å². The monoisotopic (exact) mass is 448 g/mol. The van der Waals surface area contributed by atoms with Crippen LogP contribution in [0.25, 0.3) is 5.00 Å². The molecule has 2 amide bonds. The van der Waals surface area contributed by atoms with Gasteiger partial charge in [0.15, 0.2) is 0 Å². The molecule has 3 aromatic heterocycles. The van der Waals surface area contributed by atoms with Crippen molar-refractivity contribution in [2.45, 2.75) is 45.4 Å². The van der Waals surface area contributed by atoms with Gasteiger partial charge in [0.05, 0.1) is 5.56 Å². The Balaban J connectivity index is 1.30. The Morgan fingerprint density at radius 3 is 2.62 bits per heavy atom. The standard InChI is InChI=1S/C25H28N4O2S/c1-17-8-11-26-21(16-17)27-23(30)18-9-14-28(15-10-18)24(31)22-19-6-2-3-7-20(19)32-25(22)29-12-4-5-13-29/h4-5,8,11-13,16,18H,2-3,6-7,9-10,14-15H2,1H3,(H,26,27,30). The quantitative estimate of drug-likeness (QED) is 0.634. The first kappa shape index (κ1) is 20.9. The Hall–Kier alpha value is -2.93. The number of fused-ring (bicyclic) bond motifs is 1. The van der Waals surface area contributed by atoms with Gasteiger partial charge in [0.25, 0.3) is 5.91 Å². The number of pyridine rings is 1. The summed E-state index contributed by atoms with van der Waals surface area (Å²) < 4.78 is 2.07.